The standard InChI is InChI=1S/C20H23NO7S/c1-13-8-10-15(11-9-13)29(23,24)28-17-16(21)12-26-20(25-2)18(17)27-19(22)14-6-4-3-5-7-14/h3-11,16-18,20H,12,21H2,1-2H3/t16-,17-,18-,20+/m1/s1. The summed E-state index contributed by atoms with van der Waals surface area (Å²) in [4.78, 5) is 12.5. The molecule has 0 saturated carbocycles. The van der Waals surface area contributed by atoms with Gasteiger partial charge in [0.25, 0.3) is 10.1 Å². The lowest BCUT2D eigenvalue weighted by Gasteiger charge is -2.39. The second-order valence-electron chi connectivity index (χ2n) is 6.67. The number of aryl methyl sites for hydroxylation is 1. The predicted molar refractivity (Wildman–Crippen MR) is 104 cm³/mol. The summed E-state index contributed by atoms with van der Waals surface area (Å²) in [5, 5.41) is 0. The molecule has 1 fully saturated rings. The van der Waals surface area contributed by atoms with Crippen LogP contribution in [0.3, 0.4) is 0 Å². The first kappa shape index (κ1) is 21.4. The van der Waals surface area contributed by atoms with Crippen LogP contribution < -0.4 is 5.73 Å². The summed E-state index contributed by atoms with van der Waals surface area (Å²) in [6.45, 7) is 1.82. The number of rotatable bonds is 6. The number of carbonyl (C=O) groups is 1. The van der Waals surface area contributed by atoms with Gasteiger partial charge in [-0.05, 0) is 31.2 Å². The molecule has 8 nitrogen and oxygen atoms in total. The average molecular weight is 421 g/mol. The zero-order chi connectivity index (χ0) is 21.0. The Hall–Kier alpha value is -2.30. The first-order valence-corrected chi connectivity index (χ1v) is 10.4. The third kappa shape index (κ3) is 5.01. The van der Waals surface area contributed by atoms with Crippen LogP contribution in [0.2, 0.25) is 0 Å². The van der Waals surface area contributed by atoms with E-state index in [0.717, 1.165) is 5.56 Å². The molecule has 2 aromatic rings. The van der Waals surface area contributed by atoms with Crippen LogP contribution in [0.1, 0.15) is 15.9 Å². The van der Waals surface area contributed by atoms with E-state index in [9.17, 15) is 13.2 Å². The van der Waals surface area contributed by atoms with Gasteiger partial charge < -0.3 is 19.9 Å². The Morgan fingerprint density at radius 1 is 1.07 bits per heavy atom. The Morgan fingerprint density at radius 3 is 2.34 bits per heavy atom. The van der Waals surface area contributed by atoms with Gasteiger partial charge in [0.05, 0.1) is 23.1 Å². The van der Waals surface area contributed by atoms with Crippen molar-refractivity contribution in [3.05, 3.63) is 65.7 Å². The molecule has 2 N–H and O–H groups in total. The minimum absolute atomic E-state index is 0.0218. The molecule has 1 aliphatic heterocycles. The number of benzene rings is 2. The Morgan fingerprint density at radius 2 is 1.72 bits per heavy atom. The third-order valence-electron chi connectivity index (χ3n) is 4.50. The largest absolute Gasteiger partial charge is 0.450 e. The molecule has 9 heteroatoms. The lowest BCUT2D eigenvalue weighted by Crippen LogP contribution is -2.59. The molecule has 29 heavy (non-hydrogen) atoms. The smallest absolute Gasteiger partial charge is 0.338 e. The van der Waals surface area contributed by atoms with Crippen LogP contribution in [-0.4, -0.2) is 52.6 Å². The first-order valence-electron chi connectivity index (χ1n) is 8.98. The van der Waals surface area contributed by atoms with Crippen LogP contribution in [-0.2, 0) is 28.5 Å². The van der Waals surface area contributed by atoms with Crippen LogP contribution >= 0.6 is 0 Å². The van der Waals surface area contributed by atoms with E-state index in [0.29, 0.717) is 5.56 Å². The van der Waals surface area contributed by atoms with Gasteiger partial charge in [-0.15, -0.1) is 0 Å². The highest BCUT2D eigenvalue weighted by molar-refractivity contribution is 7.86. The zero-order valence-corrected chi connectivity index (χ0v) is 16.9. The molecule has 1 saturated heterocycles. The second kappa shape index (κ2) is 9.02. The summed E-state index contributed by atoms with van der Waals surface area (Å²) >= 11 is 0. The van der Waals surface area contributed by atoms with Crippen LogP contribution in [0.25, 0.3) is 0 Å². The van der Waals surface area contributed by atoms with E-state index in [1.54, 1.807) is 42.5 Å². The number of methoxy groups -OCH3 is 1. The molecule has 0 unspecified atom stereocenters. The minimum atomic E-state index is -4.16. The molecule has 0 bridgehead atoms. The van der Waals surface area contributed by atoms with E-state index in [4.69, 9.17) is 24.1 Å². The Labute approximate surface area is 169 Å². The molecule has 1 aliphatic rings. The van der Waals surface area contributed by atoms with E-state index >= 15 is 0 Å². The predicted octanol–water partition coefficient (Wildman–Crippen LogP) is 1.62. The monoisotopic (exact) mass is 421 g/mol. The number of hydrogen-bond donors (Lipinski definition) is 1. The van der Waals surface area contributed by atoms with Crippen molar-refractivity contribution in [2.75, 3.05) is 13.7 Å². The van der Waals surface area contributed by atoms with Crippen LogP contribution in [0.4, 0.5) is 0 Å². The fourth-order valence-electron chi connectivity index (χ4n) is 2.92. The minimum Gasteiger partial charge on any atom is -0.450 e. The average Bonchev–Trinajstić information content (AvgIpc) is 2.71. The van der Waals surface area contributed by atoms with Gasteiger partial charge in [0.15, 0.2) is 12.4 Å². The van der Waals surface area contributed by atoms with Crippen LogP contribution in [0, 0.1) is 6.92 Å². The van der Waals surface area contributed by atoms with Gasteiger partial charge in [0.1, 0.15) is 6.10 Å². The number of hydrogen-bond acceptors (Lipinski definition) is 8. The highest BCUT2D eigenvalue weighted by atomic mass is 32.2. The lowest BCUT2D eigenvalue weighted by molar-refractivity contribution is -0.232. The maximum Gasteiger partial charge on any atom is 0.338 e. The van der Waals surface area contributed by atoms with E-state index in [1.807, 2.05) is 6.92 Å². The van der Waals surface area contributed by atoms with E-state index in [-0.39, 0.29) is 11.5 Å². The summed E-state index contributed by atoms with van der Waals surface area (Å²) in [5.74, 6) is -0.670. The molecule has 4 atom stereocenters. The fraction of sp³-hybridized carbons (Fsp3) is 0.350. The van der Waals surface area contributed by atoms with Gasteiger partial charge in [0.2, 0.25) is 0 Å². The molecule has 0 amide bonds. The van der Waals surface area contributed by atoms with Crippen molar-refractivity contribution in [1.82, 2.24) is 0 Å². The Bertz CT molecular complexity index is 931. The number of carbonyl (C=O) groups excluding carboxylic acids is 1. The third-order valence-corrected chi connectivity index (χ3v) is 5.82. The van der Waals surface area contributed by atoms with Crippen molar-refractivity contribution in [3.8, 4) is 0 Å². The van der Waals surface area contributed by atoms with Crippen molar-refractivity contribution in [2.24, 2.45) is 5.73 Å². The van der Waals surface area contributed by atoms with Gasteiger partial charge in [-0.3, -0.25) is 4.18 Å². The maximum absolute atomic E-state index is 12.8. The number of nitrogens with two attached hydrogens (primary N) is 1. The van der Waals surface area contributed by atoms with Gasteiger partial charge in [-0.2, -0.15) is 8.42 Å². The molecule has 0 spiro atoms. The van der Waals surface area contributed by atoms with Crippen molar-refractivity contribution in [3.63, 3.8) is 0 Å². The van der Waals surface area contributed by atoms with Crippen molar-refractivity contribution < 1.29 is 31.6 Å². The normalized spacial score (nSPS) is 24.8. The quantitative estimate of drug-likeness (QED) is 0.553. The van der Waals surface area contributed by atoms with Gasteiger partial charge >= 0.3 is 5.97 Å². The molecule has 0 radical (unpaired) electrons. The van der Waals surface area contributed by atoms with Crippen molar-refractivity contribution in [1.29, 1.82) is 0 Å². The topological polar surface area (TPSA) is 114 Å². The Kier molecular flexibility index (Phi) is 6.66. The highest BCUT2D eigenvalue weighted by Gasteiger charge is 2.45. The molecule has 0 aromatic heterocycles. The second-order valence-corrected chi connectivity index (χ2v) is 8.24. The summed E-state index contributed by atoms with van der Waals surface area (Å²) < 4.78 is 47.1. The molecular formula is C20H23NO7S. The van der Waals surface area contributed by atoms with Gasteiger partial charge in [-0.25, -0.2) is 4.79 Å². The zero-order valence-electron chi connectivity index (χ0n) is 16.1. The van der Waals surface area contributed by atoms with Gasteiger partial charge in [0, 0.05) is 7.11 Å². The summed E-state index contributed by atoms with van der Waals surface area (Å²) in [6.07, 6.45) is -3.40. The highest BCUT2D eigenvalue weighted by Crippen LogP contribution is 2.26. The first-order chi connectivity index (χ1) is 13.8. The summed E-state index contributed by atoms with van der Waals surface area (Å²) in [5.41, 5.74) is 7.25. The van der Waals surface area contributed by atoms with Crippen LogP contribution in [0.5, 0.6) is 0 Å². The summed E-state index contributed by atoms with van der Waals surface area (Å²) in [7, 11) is -2.80. The van der Waals surface area contributed by atoms with Gasteiger partial charge in [-0.1, -0.05) is 35.9 Å². The lowest BCUT2D eigenvalue weighted by atomic mass is 10.0. The molecule has 0 aliphatic carbocycles. The van der Waals surface area contributed by atoms with Crippen molar-refractivity contribution in [2.45, 2.75) is 36.4 Å². The summed E-state index contributed by atoms with van der Waals surface area (Å²) in [6, 6.07) is 13.6. The van der Waals surface area contributed by atoms with Crippen LogP contribution in [0.15, 0.2) is 59.5 Å². The van der Waals surface area contributed by atoms with E-state index in [2.05, 4.69) is 0 Å². The maximum atomic E-state index is 12.8. The van der Waals surface area contributed by atoms with E-state index in [1.165, 1.54) is 19.2 Å². The Balaban J connectivity index is 1.86. The number of esters is 1. The van der Waals surface area contributed by atoms with E-state index < -0.39 is 40.6 Å². The van der Waals surface area contributed by atoms with Crippen molar-refractivity contribution >= 4 is 16.1 Å². The molecule has 2 aromatic carbocycles. The fourth-order valence-corrected chi connectivity index (χ4v) is 4.04. The SMILES string of the molecule is CO[C@H]1OC[C@@H](N)[C@@H](OS(=O)(=O)c2ccc(C)cc2)[C@H]1OC(=O)c1ccccc1. The molecule has 156 valence electrons. The molecule has 1 heterocycles. The molecule has 3 rings (SSSR count). The number of ether oxygens (including phenoxy) is 3. The molecular weight excluding hydrogens is 398 g/mol.